The summed E-state index contributed by atoms with van der Waals surface area (Å²) in [6.07, 6.45) is 6.20. The van der Waals surface area contributed by atoms with Crippen molar-refractivity contribution in [1.29, 1.82) is 0 Å². The van der Waals surface area contributed by atoms with E-state index in [1.807, 2.05) is 30.0 Å². The topological polar surface area (TPSA) is 62.3 Å². The maximum atomic E-state index is 13.3. The fraction of sp³-hybridized carbons (Fsp3) is 0.450. The number of benzene rings is 1. The number of rotatable bonds is 3. The predicted molar refractivity (Wildman–Crippen MR) is 103 cm³/mol. The molecule has 1 aromatic heterocycles. The monoisotopic (exact) mass is 369 g/mol. The number of fused-ring (bicyclic) bond motifs is 1. The van der Waals surface area contributed by atoms with Gasteiger partial charge in [0.2, 0.25) is 11.8 Å². The number of nitrogens with one attached hydrogen (secondary N) is 1. The fourth-order valence-electron chi connectivity index (χ4n) is 4.12. The largest absolute Gasteiger partial charge is 0.312 e. The van der Waals surface area contributed by atoms with Crippen LogP contribution in [0.1, 0.15) is 36.1 Å². The van der Waals surface area contributed by atoms with Crippen LogP contribution in [-0.2, 0) is 16.0 Å². The molecule has 0 bridgehead atoms. The number of carbonyl (C=O) groups excluding carboxylic acids is 2. The molecule has 1 saturated carbocycles. The summed E-state index contributed by atoms with van der Waals surface area (Å²) in [4.78, 5) is 33.3. The lowest BCUT2D eigenvalue weighted by molar-refractivity contribution is -0.132. The normalized spacial score (nSPS) is 22.1. The molecule has 0 radical (unpaired) electrons. The Hall–Kier alpha value is -2.21. The molecule has 1 aromatic carbocycles. The third kappa shape index (κ3) is 3.26. The van der Waals surface area contributed by atoms with E-state index in [9.17, 15) is 9.59 Å². The molecule has 2 atom stereocenters. The molecular weight excluding hydrogens is 346 g/mol. The number of aryl methyl sites for hydroxylation is 1. The molecule has 1 N–H and O–H groups in total. The lowest BCUT2D eigenvalue weighted by Gasteiger charge is -2.32. The Morgan fingerprint density at radius 1 is 1.19 bits per heavy atom. The zero-order valence-electron chi connectivity index (χ0n) is 14.9. The van der Waals surface area contributed by atoms with E-state index in [0.29, 0.717) is 11.7 Å². The summed E-state index contributed by atoms with van der Waals surface area (Å²) in [5.41, 5.74) is 2.23. The summed E-state index contributed by atoms with van der Waals surface area (Å²) in [6, 6.07) is 8.08. The van der Waals surface area contributed by atoms with Crippen molar-refractivity contribution in [1.82, 2.24) is 4.98 Å². The van der Waals surface area contributed by atoms with Crippen molar-refractivity contribution in [2.75, 3.05) is 16.8 Å². The van der Waals surface area contributed by atoms with Gasteiger partial charge in [-0.1, -0.05) is 31.0 Å². The lowest BCUT2D eigenvalue weighted by atomic mass is 9.78. The first-order chi connectivity index (χ1) is 12.6. The van der Waals surface area contributed by atoms with E-state index in [2.05, 4.69) is 16.4 Å². The third-order valence-electron chi connectivity index (χ3n) is 5.42. The number of carbonyl (C=O) groups is 2. The smallest absolute Gasteiger partial charge is 0.230 e. The van der Waals surface area contributed by atoms with Gasteiger partial charge in [0.25, 0.3) is 0 Å². The minimum Gasteiger partial charge on any atom is -0.312 e. The van der Waals surface area contributed by atoms with Crippen LogP contribution >= 0.6 is 11.3 Å². The quantitative estimate of drug-likeness (QED) is 0.895. The Balaban J connectivity index is 1.52. The first-order valence-electron chi connectivity index (χ1n) is 9.26. The first-order valence-corrected chi connectivity index (χ1v) is 10.1. The number of amides is 2. The van der Waals surface area contributed by atoms with E-state index in [0.717, 1.165) is 42.7 Å². The molecule has 0 spiro atoms. The van der Waals surface area contributed by atoms with E-state index in [1.165, 1.54) is 16.9 Å². The minimum absolute atomic E-state index is 0.0649. The number of anilines is 2. The molecule has 2 amide bonds. The van der Waals surface area contributed by atoms with Crippen LogP contribution < -0.4 is 10.2 Å². The number of nitrogens with zero attached hydrogens (tertiary/aromatic N) is 2. The maximum Gasteiger partial charge on any atom is 0.230 e. The van der Waals surface area contributed by atoms with Gasteiger partial charge in [-0.15, -0.1) is 11.3 Å². The highest BCUT2D eigenvalue weighted by atomic mass is 32.1. The number of para-hydroxylation sites is 1. The van der Waals surface area contributed by atoms with Crippen LogP contribution in [0.25, 0.3) is 0 Å². The molecule has 1 aliphatic carbocycles. The molecule has 4 rings (SSSR count). The molecule has 1 fully saturated rings. The van der Waals surface area contributed by atoms with Crippen molar-refractivity contribution < 1.29 is 9.59 Å². The second-order valence-electron chi connectivity index (χ2n) is 7.13. The van der Waals surface area contributed by atoms with Crippen LogP contribution in [0, 0.1) is 18.8 Å². The molecule has 2 aromatic rings. The highest BCUT2D eigenvalue weighted by molar-refractivity contribution is 7.15. The van der Waals surface area contributed by atoms with Gasteiger partial charge >= 0.3 is 0 Å². The van der Waals surface area contributed by atoms with Crippen LogP contribution in [0.5, 0.6) is 0 Å². The summed E-state index contributed by atoms with van der Waals surface area (Å²) >= 11 is 1.47. The molecule has 26 heavy (non-hydrogen) atoms. The average molecular weight is 369 g/mol. The summed E-state index contributed by atoms with van der Waals surface area (Å²) in [5.74, 6) is -0.473. The van der Waals surface area contributed by atoms with Crippen molar-refractivity contribution in [2.24, 2.45) is 11.8 Å². The molecule has 1 aliphatic heterocycles. The van der Waals surface area contributed by atoms with Crippen LogP contribution in [0.4, 0.5) is 10.8 Å². The number of hydrogen-bond donors (Lipinski definition) is 1. The Bertz CT molecular complexity index is 832. The molecule has 5 nitrogen and oxygen atoms in total. The zero-order valence-corrected chi connectivity index (χ0v) is 15.7. The lowest BCUT2D eigenvalue weighted by Crippen LogP contribution is -2.43. The third-order valence-corrected chi connectivity index (χ3v) is 6.25. The summed E-state index contributed by atoms with van der Waals surface area (Å²) < 4.78 is 0. The Labute approximate surface area is 157 Å². The number of aromatic nitrogens is 1. The Morgan fingerprint density at radius 3 is 2.73 bits per heavy atom. The SMILES string of the molecule is Cc1cnc(NC(=O)C2CCCCC2C(=O)N2CCc3ccccc32)s1. The van der Waals surface area contributed by atoms with E-state index >= 15 is 0 Å². The highest BCUT2D eigenvalue weighted by Crippen LogP contribution is 2.36. The van der Waals surface area contributed by atoms with Gasteiger partial charge in [-0.3, -0.25) is 9.59 Å². The predicted octanol–water partition coefficient (Wildman–Crippen LogP) is 3.79. The van der Waals surface area contributed by atoms with E-state index in [1.54, 1.807) is 6.20 Å². The van der Waals surface area contributed by atoms with Gasteiger partial charge in [0.05, 0.1) is 5.92 Å². The standard InChI is InChI=1S/C20H23N3O2S/c1-13-12-21-20(26-13)22-18(24)15-7-3-4-8-16(15)19(25)23-11-10-14-6-2-5-9-17(14)23/h2,5-6,9,12,15-16H,3-4,7-8,10-11H2,1H3,(H,21,22,24). The van der Waals surface area contributed by atoms with Gasteiger partial charge in [-0.05, 0) is 37.8 Å². The van der Waals surface area contributed by atoms with Crippen LogP contribution in [0.3, 0.4) is 0 Å². The van der Waals surface area contributed by atoms with Gasteiger partial charge in [0, 0.05) is 29.2 Å². The van der Waals surface area contributed by atoms with Gasteiger partial charge < -0.3 is 10.2 Å². The molecular formula is C20H23N3O2S. The number of hydrogen-bond acceptors (Lipinski definition) is 4. The summed E-state index contributed by atoms with van der Waals surface area (Å²) in [7, 11) is 0. The van der Waals surface area contributed by atoms with Crippen molar-refractivity contribution in [3.63, 3.8) is 0 Å². The van der Waals surface area contributed by atoms with Gasteiger partial charge in [0.1, 0.15) is 0 Å². The van der Waals surface area contributed by atoms with Crippen molar-refractivity contribution >= 4 is 34.0 Å². The summed E-state index contributed by atoms with van der Waals surface area (Å²) in [5, 5.41) is 3.55. The maximum absolute atomic E-state index is 13.3. The minimum atomic E-state index is -0.270. The first kappa shape index (κ1) is 17.2. The van der Waals surface area contributed by atoms with Crippen molar-refractivity contribution in [2.45, 2.75) is 39.0 Å². The molecule has 2 aliphatic rings. The number of thiazole rings is 1. The van der Waals surface area contributed by atoms with Crippen molar-refractivity contribution in [3.8, 4) is 0 Å². The van der Waals surface area contributed by atoms with Gasteiger partial charge in [-0.25, -0.2) is 4.98 Å². The second kappa shape index (κ2) is 7.19. The average Bonchev–Trinajstić information content (AvgIpc) is 3.27. The Kier molecular flexibility index (Phi) is 4.76. The highest BCUT2D eigenvalue weighted by Gasteiger charge is 2.39. The summed E-state index contributed by atoms with van der Waals surface area (Å²) in [6.45, 7) is 2.68. The molecule has 136 valence electrons. The molecule has 0 saturated heterocycles. The van der Waals surface area contributed by atoms with Crippen LogP contribution in [0.2, 0.25) is 0 Å². The van der Waals surface area contributed by atoms with Crippen LogP contribution in [0.15, 0.2) is 30.5 Å². The molecule has 2 heterocycles. The van der Waals surface area contributed by atoms with Crippen molar-refractivity contribution in [3.05, 3.63) is 40.9 Å². The second-order valence-corrected chi connectivity index (χ2v) is 8.37. The van der Waals surface area contributed by atoms with Crippen LogP contribution in [-0.4, -0.2) is 23.3 Å². The Morgan fingerprint density at radius 2 is 1.96 bits per heavy atom. The molecule has 2 unspecified atom stereocenters. The van der Waals surface area contributed by atoms with E-state index in [-0.39, 0.29) is 23.7 Å². The molecule has 6 heteroatoms. The van der Waals surface area contributed by atoms with Gasteiger partial charge in [0.15, 0.2) is 5.13 Å². The van der Waals surface area contributed by atoms with Gasteiger partial charge in [-0.2, -0.15) is 0 Å². The zero-order chi connectivity index (χ0) is 18.1. The van der Waals surface area contributed by atoms with E-state index < -0.39 is 0 Å². The van der Waals surface area contributed by atoms with E-state index in [4.69, 9.17) is 0 Å². The fourth-order valence-corrected chi connectivity index (χ4v) is 4.79.